The van der Waals surface area contributed by atoms with Gasteiger partial charge in [0.1, 0.15) is 17.0 Å². The van der Waals surface area contributed by atoms with Gasteiger partial charge in [-0.2, -0.15) is 0 Å². The number of hydrogen-bond acceptors (Lipinski definition) is 6. The van der Waals surface area contributed by atoms with Crippen LogP contribution in [0, 0.1) is 5.92 Å². The second-order valence-corrected chi connectivity index (χ2v) is 7.52. The molecule has 1 fully saturated rings. The zero-order valence-corrected chi connectivity index (χ0v) is 15.8. The highest BCUT2D eigenvalue weighted by Gasteiger charge is 2.27. The summed E-state index contributed by atoms with van der Waals surface area (Å²) in [7, 11) is 1.68. The van der Waals surface area contributed by atoms with Crippen LogP contribution in [0.1, 0.15) is 31.1 Å². The van der Waals surface area contributed by atoms with Crippen LogP contribution in [0.3, 0.4) is 0 Å². The van der Waals surface area contributed by atoms with Gasteiger partial charge in [0.05, 0.1) is 11.3 Å². The summed E-state index contributed by atoms with van der Waals surface area (Å²) in [5.74, 6) is 1.13. The van der Waals surface area contributed by atoms with E-state index >= 15 is 0 Å². The minimum atomic E-state index is 0.0191. The Morgan fingerprint density at radius 3 is 3.16 bits per heavy atom. The summed E-state index contributed by atoms with van der Waals surface area (Å²) in [5, 5.41) is 4.15. The third-order valence-electron chi connectivity index (χ3n) is 4.62. The zero-order valence-electron chi connectivity index (χ0n) is 15.0. The lowest BCUT2D eigenvalue weighted by atomic mass is 9.97. The lowest BCUT2D eigenvalue weighted by Gasteiger charge is -2.33. The number of carbonyl (C=O) groups excluding carboxylic acids is 1. The van der Waals surface area contributed by atoms with E-state index in [0.717, 1.165) is 54.8 Å². The molecule has 2 aromatic rings. The van der Waals surface area contributed by atoms with E-state index < -0.39 is 0 Å². The SMILES string of the molecule is CCc1cc2c(N3CCC[C@H](C(=O)NCCCOC)C3)ncnc2s1. The molecule has 0 aromatic carbocycles. The normalized spacial score (nSPS) is 17.8. The number of ether oxygens (including phenoxy) is 1. The molecular formula is C18H26N4O2S. The van der Waals surface area contributed by atoms with Crippen molar-refractivity contribution in [3.05, 3.63) is 17.3 Å². The third-order valence-corrected chi connectivity index (χ3v) is 5.81. The molecule has 0 unspecified atom stereocenters. The predicted molar refractivity (Wildman–Crippen MR) is 101 cm³/mol. The first-order chi connectivity index (χ1) is 12.2. The Balaban J connectivity index is 1.69. The van der Waals surface area contributed by atoms with Crippen LogP contribution >= 0.6 is 11.3 Å². The van der Waals surface area contributed by atoms with Crippen LogP contribution < -0.4 is 10.2 Å². The summed E-state index contributed by atoms with van der Waals surface area (Å²) in [6.45, 7) is 5.16. The van der Waals surface area contributed by atoms with Gasteiger partial charge >= 0.3 is 0 Å². The topological polar surface area (TPSA) is 67.4 Å². The number of methoxy groups -OCH3 is 1. The summed E-state index contributed by atoms with van der Waals surface area (Å²) in [5.41, 5.74) is 0. The van der Waals surface area contributed by atoms with E-state index in [4.69, 9.17) is 4.74 Å². The van der Waals surface area contributed by atoms with Crippen molar-refractivity contribution in [2.75, 3.05) is 38.3 Å². The molecule has 1 aliphatic rings. The second kappa shape index (κ2) is 8.58. The van der Waals surface area contributed by atoms with Gasteiger partial charge in [0.15, 0.2) is 0 Å². The minimum absolute atomic E-state index is 0.0191. The van der Waals surface area contributed by atoms with E-state index in [1.165, 1.54) is 4.88 Å². The number of aromatic nitrogens is 2. The van der Waals surface area contributed by atoms with Crippen molar-refractivity contribution in [2.24, 2.45) is 5.92 Å². The van der Waals surface area contributed by atoms with E-state index in [0.29, 0.717) is 13.2 Å². The maximum Gasteiger partial charge on any atom is 0.224 e. The van der Waals surface area contributed by atoms with Crippen LogP contribution in [0.15, 0.2) is 12.4 Å². The molecule has 0 radical (unpaired) electrons. The van der Waals surface area contributed by atoms with Crippen molar-refractivity contribution in [3.63, 3.8) is 0 Å². The van der Waals surface area contributed by atoms with Gasteiger partial charge in [-0.25, -0.2) is 9.97 Å². The smallest absolute Gasteiger partial charge is 0.224 e. The molecule has 6 nitrogen and oxygen atoms in total. The first-order valence-corrected chi connectivity index (χ1v) is 9.79. The summed E-state index contributed by atoms with van der Waals surface area (Å²) >= 11 is 1.73. The van der Waals surface area contributed by atoms with Gasteiger partial charge in [-0.1, -0.05) is 6.92 Å². The Morgan fingerprint density at radius 2 is 2.36 bits per heavy atom. The average Bonchev–Trinajstić information content (AvgIpc) is 3.08. The molecule has 1 saturated heterocycles. The van der Waals surface area contributed by atoms with Gasteiger partial charge in [0.2, 0.25) is 5.91 Å². The third kappa shape index (κ3) is 4.27. The highest BCUT2D eigenvalue weighted by Crippen LogP contribution is 2.32. The number of nitrogens with one attached hydrogen (secondary N) is 1. The van der Waals surface area contributed by atoms with E-state index in [-0.39, 0.29) is 11.8 Å². The van der Waals surface area contributed by atoms with Gasteiger partial charge in [0.25, 0.3) is 0 Å². The van der Waals surface area contributed by atoms with E-state index in [9.17, 15) is 4.79 Å². The first kappa shape index (κ1) is 18.1. The van der Waals surface area contributed by atoms with E-state index in [1.54, 1.807) is 24.8 Å². The molecule has 0 aliphatic carbocycles. The van der Waals surface area contributed by atoms with Crippen LogP contribution in [0.2, 0.25) is 0 Å². The number of hydrogen-bond donors (Lipinski definition) is 1. The Morgan fingerprint density at radius 1 is 1.48 bits per heavy atom. The quantitative estimate of drug-likeness (QED) is 0.767. The van der Waals surface area contributed by atoms with Crippen LogP contribution in [-0.4, -0.2) is 49.2 Å². The molecule has 3 rings (SSSR count). The van der Waals surface area contributed by atoms with Crippen LogP contribution in [0.25, 0.3) is 10.2 Å². The highest BCUT2D eigenvalue weighted by molar-refractivity contribution is 7.18. The largest absolute Gasteiger partial charge is 0.385 e. The number of amides is 1. The molecule has 0 saturated carbocycles. The first-order valence-electron chi connectivity index (χ1n) is 8.98. The maximum absolute atomic E-state index is 12.4. The number of aryl methyl sites for hydroxylation is 1. The predicted octanol–water partition coefficient (Wildman–Crippen LogP) is 2.62. The zero-order chi connectivity index (χ0) is 17.6. The molecule has 0 bridgehead atoms. The van der Waals surface area contributed by atoms with Gasteiger partial charge in [0, 0.05) is 38.2 Å². The monoisotopic (exact) mass is 362 g/mol. The Kier molecular flexibility index (Phi) is 6.20. The van der Waals surface area contributed by atoms with E-state index in [2.05, 4.69) is 33.2 Å². The Hall–Kier alpha value is -1.73. The average molecular weight is 362 g/mol. The maximum atomic E-state index is 12.4. The standard InChI is InChI=1S/C18H26N4O2S/c1-3-14-10-15-16(20-12-21-18(15)25-14)22-8-4-6-13(11-22)17(23)19-7-5-9-24-2/h10,12-13H,3-9,11H2,1-2H3,(H,19,23)/t13-/m0/s1. The van der Waals surface area contributed by atoms with Gasteiger partial charge in [-0.3, -0.25) is 4.79 Å². The van der Waals surface area contributed by atoms with Crippen molar-refractivity contribution in [3.8, 4) is 0 Å². The summed E-state index contributed by atoms with van der Waals surface area (Å²) < 4.78 is 5.02. The van der Waals surface area contributed by atoms with Crippen molar-refractivity contribution in [1.82, 2.24) is 15.3 Å². The van der Waals surface area contributed by atoms with Crippen molar-refractivity contribution < 1.29 is 9.53 Å². The molecule has 2 aromatic heterocycles. The number of thiophene rings is 1. The van der Waals surface area contributed by atoms with Crippen molar-refractivity contribution in [2.45, 2.75) is 32.6 Å². The summed E-state index contributed by atoms with van der Waals surface area (Å²) in [6.07, 6.45) is 5.44. The number of carbonyl (C=O) groups is 1. The molecule has 0 spiro atoms. The summed E-state index contributed by atoms with van der Waals surface area (Å²) in [4.78, 5) is 26.0. The molecule has 136 valence electrons. The van der Waals surface area contributed by atoms with Gasteiger partial charge in [-0.05, 0) is 31.7 Å². The molecule has 1 aliphatic heterocycles. The fourth-order valence-corrected chi connectivity index (χ4v) is 4.20. The molecule has 1 amide bonds. The fraction of sp³-hybridized carbons (Fsp3) is 0.611. The number of fused-ring (bicyclic) bond motifs is 1. The van der Waals surface area contributed by atoms with Gasteiger partial charge < -0.3 is 15.0 Å². The molecular weight excluding hydrogens is 336 g/mol. The molecule has 7 heteroatoms. The molecule has 25 heavy (non-hydrogen) atoms. The number of piperidine rings is 1. The van der Waals surface area contributed by atoms with Crippen LogP contribution in [-0.2, 0) is 16.0 Å². The number of anilines is 1. The molecule has 1 atom stereocenters. The Labute approximate surface area is 152 Å². The van der Waals surface area contributed by atoms with Crippen LogP contribution in [0.5, 0.6) is 0 Å². The second-order valence-electron chi connectivity index (χ2n) is 6.40. The van der Waals surface area contributed by atoms with Gasteiger partial charge in [-0.15, -0.1) is 11.3 Å². The minimum Gasteiger partial charge on any atom is -0.385 e. The van der Waals surface area contributed by atoms with Crippen LogP contribution in [0.4, 0.5) is 5.82 Å². The molecule has 3 heterocycles. The van der Waals surface area contributed by atoms with E-state index in [1.807, 2.05) is 0 Å². The fourth-order valence-electron chi connectivity index (χ4n) is 3.28. The lowest BCUT2D eigenvalue weighted by Crippen LogP contribution is -2.43. The van der Waals surface area contributed by atoms with Crippen molar-refractivity contribution in [1.29, 1.82) is 0 Å². The summed E-state index contributed by atoms with van der Waals surface area (Å²) in [6, 6.07) is 2.20. The highest BCUT2D eigenvalue weighted by atomic mass is 32.1. The number of nitrogens with zero attached hydrogens (tertiary/aromatic N) is 3. The molecule has 1 N–H and O–H groups in total. The Bertz CT molecular complexity index is 718. The van der Waals surface area contributed by atoms with Crippen molar-refractivity contribution >= 4 is 33.3 Å². The number of rotatable bonds is 7. The lowest BCUT2D eigenvalue weighted by molar-refractivity contribution is -0.125.